The van der Waals surface area contributed by atoms with Crippen LogP contribution in [0.4, 0.5) is 18.9 Å². The molecule has 1 amide bonds. The molecule has 2 aromatic carbocycles. The fourth-order valence-electron chi connectivity index (χ4n) is 4.12. The molecule has 0 bridgehead atoms. The Morgan fingerprint density at radius 3 is 2.68 bits per heavy atom. The summed E-state index contributed by atoms with van der Waals surface area (Å²) >= 11 is 0. The van der Waals surface area contributed by atoms with Crippen molar-refractivity contribution in [1.82, 2.24) is 9.88 Å². The summed E-state index contributed by atoms with van der Waals surface area (Å²) < 4.78 is 43.9. The van der Waals surface area contributed by atoms with Crippen LogP contribution in [-0.2, 0) is 11.0 Å². The first-order chi connectivity index (χ1) is 14.8. The van der Waals surface area contributed by atoms with Crippen molar-refractivity contribution >= 4 is 22.5 Å². The number of fused-ring (bicyclic) bond motifs is 1. The van der Waals surface area contributed by atoms with E-state index in [1.807, 2.05) is 24.4 Å². The minimum absolute atomic E-state index is 0.0315. The number of aromatic nitrogens is 1. The zero-order chi connectivity index (χ0) is 22.0. The highest BCUT2D eigenvalue weighted by Gasteiger charge is 2.30. The number of carbonyl (C=O) groups excluding carboxylic acids is 1. The maximum absolute atomic E-state index is 12.8. The summed E-state index contributed by atoms with van der Waals surface area (Å²) in [6.07, 6.45) is -0.712. The second-order valence-corrected chi connectivity index (χ2v) is 7.74. The first-order valence-electron chi connectivity index (χ1n) is 10.2. The molecule has 164 valence electrons. The molecule has 0 unspecified atom stereocenters. The van der Waals surface area contributed by atoms with E-state index in [1.165, 1.54) is 17.7 Å². The highest BCUT2D eigenvalue weighted by atomic mass is 19.4. The van der Waals surface area contributed by atoms with Gasteiger partial charge in [0.1, 0.15) is 5.75 Å². The Morgan fingerprint density at radius 1 is 1.19 bits per heavy atom. The number of nitrogens with zero attached hydrogens (tertiary/aromatic N) is 1. The van der Waals surface area contributed by atoms with Crippen LogP contribution >= 0.6 is 0 Å². The zero-order valence-electron chi connectivity index (χ0n) is 17.1. The number of aromatic amines is 1. The molecule has 5 nitrogen and oxygen atoms in total. The lowest BCUT2D eigenvalue weighted by Gasteiger charge is -2.32. The lowest BCUT2D eigenvalue weighted by atomic mass is 9.89. The highest BCUT2D eigenvalue weighted by molar-refractivity contribution is 5.85. The molecule has 2 heterocycles. The van der Waals surface area contributed by atoms with Crippen molar-refractivity contribution < 1.29 is 22.7 Å². The summed E-state index contributed by atoms with van der Waals surface area (Å²) in [6, 6.07) is 10.8. The molecule has 0 aliphatic carbocycles. The second kappa shape index (κ2) is 8.53. The number of H-pyrrole nitrogens is 1. The smallest absolute Gasteiger partial charge is 0.416 e. The molecular formula is C23H24F3N3O2. The maximum atomic E-state index is 12.8. The fraction of sp³-hybridized carbons (Fsp3) is 0.348. The van der Waals surface area contributed by atoms with Crippen LogP contribution in [0.3, 0.4) is 0 Å². The molecule has 31 heavy (non-hydrogen) atoms. The van der Waals surface area contributed by atoms with E-state index in [0.29, 0.717) is 19.0 Å². The van der Waals surface area contributed by atoms with Gasteiger partial charge in [0.15, 0.2) is 0 Å². The Kier molecular flexibility index (Phi) is 5.80. The van der Waals surface area contributed by atoms with Crippen molar-refractivity contribution in [2.75, 3.05) is 32.1 Å². The van der Waals surface area contributed by atoms with Crippen LogP contribution < -0.4 is 10.1 Å². The number of anilines is 1. The lowest BCUT2D eigenvalue weighted by molar-refractivity contribution is -0.137. The third kappa shape index (κ3) is 4.62. The molecule has 1 saturated heterocycles. The molecule has 1 aliphatic heterocycles. The van der Waals surface area contributed by atoms with E-state index >= 15 is 0 Å². The monoisotopic (exact) mass is 431 g/mol. The first-order valence-corrected chi connectivity index (χ1v) is 10.2. The standard InChI is InChI=1S/C23H24F3N3O2/c1-31-18-5-6-21-19(12-18)20(13-28-21)15-7-9-29(10-8-15)22(30)14-27-17-4-2-3-16(11-17)23(24,25)26/h2-6,11-13,15,27-28H,7-10,14H2,1H3. The van der Waals surface area contributed by atoms with Gasteiger partial charge in [-0.2, -0.15) is 13.2 Å². The van der Waals surface area contributed by atoms with Crippen LogP contribution in [0.25, 0.3) is 10.9 Å². The van der Waals surface area contributed by atoms with Crippen molar-refractivity contribution in [3.8, 4) is 5.75 Å². The number of nitrogens with one attached hydrogen (secondary N) is 2. The van der Waals surface area contributed by atoms with E-state index < -0.39 is 11.7 Å². The average Bonchev–Trinajstić information content (AvgIpc) is 3.20. The van der Waals surface area contributed by atoms with Gasteiger partial charge < -0.3 is 19.9 Å². The lowest BCUT2D eigenvalue weighted by Crippen LogP contribution is -2.40. The van der Waals surface area contributed by atoms with E-state index in [2.05, 4.69) is 10.3 Å². The number of benzene rings is 2. The maximum Gasteiger partial charge on any atom is 0.416 e. The molecule has 0 atom stereocenters. The van der Waals surface area contributed by atoms with Gasteiger partial charge in [-0.1, -0.05) is 6.07 Å². The van der Waals surface area contributed by atoms with Crippen molar-refractivity contribution in [2.24, 2.45) is 0 Å². The predicted molar refractivity (Wildman–Crippen MR) is 113 cm³/mol. The van der Waals surface area contributed by atoms with Crippen LogP contribution in [0.5, 0.6) is 5.75 Å². The summed E-state index contributed by atoms with van der Waals surface area (Å²) in [5.74, 6) is 1.03. The SMILES string of the molecule is COc1ccc2[nH]cc(C3CCN(C(=O)CNc4cccc(C(F)(F)F)c4)CC3)c2c1. The highest BCUT2D eigenvalue weighted by Crippen LogP contribution is 2.35. The van der Waals surface area contributed by atoms with Gasteiger partial charge in [-0.3, -0.25) is 4.79 Å². The van der Waals surface area contributed by atoms with Crippen molar-refractivity contribution in [3.05, 3.63) is 59.8 Å². The Bertz CT molecular complexity index is 1070. The molecule has 1 aliphatic rings. The predicted octanol–water partition coefficient (Wildman–Crippen LogP) is 5.01. The molecule has 1 fully saturated rings. The van der Waals surface area contributed by atoms with Crippen LogP contribution in [0.2, 0.25) is 0 Å². The minimum atomic E-state index is -4.41. The van der Waals surface area contributed by atoms with Crippen molar-refractivity contribution in [2.45, 2.75) is 24.9 Å². The molecule has 4 rings (SSSR count). The van der Waals surface area contributed by atoms with Crippen LogP contribution in [-0.4, -0.2) is 42.5 Å². The summed E-state index contributed by atoms with van der Waals surface area (Å²) in [5.41, 5.74) is 1.83. The third-order valence-corrected chi connectivity index (χ3v) is 5.84. The van der Waals surface area contributed by atoms with Crippen molar-refractivity contribution in [1.29, 1.82) is 0 Å². The van der Waals surface area contributed by atoms with Gasteiger partial charge in [-0.05, 0) is 60.7 Å². The summed E-state index contributed by atoms with van der Waals surface area (Å²) in [4.78, 5) is 17.6. The summed E-state index contributed by atoms with van der Waals surface area (Å²) in [6.45, 7) is 1.20. The largest absolute Gasteiger partial charge is 0.497 e. The molecule has 0 saturated carbocycles. The Labute approximate surface area is 178 Å². The van der Waals surface area contributed by atoms with E-state index in [-0.39, 0.29) is 18.1 Å². The number of halogens is 3. The van der Waals surface area contributed by atoms with Gasteiger partial charge in [0, 0.05) is 35.9 Å². The number of hydrogen-bond donors (Lipinski definition) is 2. The number of carbonyl (C=O) groups is 1. The molecule has 0 radical (unpaired) electrons. The number of rotatable bonds is 5. The van der Waals surface area contributed by atoms with Gasteiger partial charge in [-0.25, -0.2) is 0 Å². The van der Waals surface area contributed by atoms with Crippen molar-refractivity contribution in [3.63, 3.8) is 0 Å². The van der Waals surface area contributed by atoms with E-state index in [4.69, 9.17) is 4.74 Å². The van der Waals surface area contributed by atoms with E-state index in [9.17, 15) is 18.0 Å². The van der Waals surface area contributed by atoms with E-state index in [1.54, 1.807) is 12.0 Å². The first kappa shape index (κ1) is 21.1. The molecular weight excluding hydrogens is 407 g/mol. The zero-order valence-corrected chi connectivity index (χ0v) is 17.1. The van der Waals surface area contributed by atoms with Gasteiger partial charge in [0.05, 0.1) is 19.2 Å². The van der Waals surface area contributed by atoms with Gasteiger partial charge in [0.2, 0.25) is 5.91 Å². The topological polar surface area (TPSA) is 57.4 Å². The van der Waals surface area contributed by atoms with Gasteiger partial charge >= 0.3 is 6.18 Å². The summed E-state index contributed by atoms with van der Waals surface area (Å²) in [5, 5.41) is 3.95. The molecule has 1 aromatic heterocycles. The minimum Gasteiger partial charge on any atom is -0.497 e. The third-order valence-electron chi connectivity index (χ3n) is 5.84. The Hall–Kier alpha value is -3.16. The van der Waals surface area contributed by atoms with E-state index in [0.717, 1.165) is 41.6 Å². The number of ether oxygens (including phenoxy) is 1. The van der Waals surface area contributed by atoms with Gasteiger partial charge in [0.25, 0.3) is 0 Å². The number of alkyl halides is 3. The number of methoxy groups -OCH3 is 1. The quantitative estimate of drug-likeness (QED) is 0.597. The number of likely N-dealkylation sites (tertiary alicyclic amines) is 1. The van der Waals surface area contributed by atoms with Gasteiger partial charge in [-0.15, -0.1) is 0 Å². The molecule has 2 N–H and O–H groups in total. The Morgan fingerprint density at radius 2 is 1.97 bits per heavy atom. The molecule has 8 heteroatoms. The number of hydrogen-bond acceptors (Lipinski definition) is 3. The second-order valence-electron chi connectivity index (χ2n) is 7.74. The average molecular weight is 431 g/mol. The Balaban J connectivity index is 1.34. The summed E-state index contributed by atoms with van der Waals surface area (Å²) in [7, 11) is 1.64. The number of amides is 1. The molecule has 0 spiro atoms. The molecule has 3 aromatic rings. The van der Waals surface area contributed by atoms with Crippen LogP contribution in [0, 0.1) is 0 Å². The fourth-order valence-corrected chi connectivity index (χ4v) is 4.12. The van der Waals surface area contributed by atoms with Crippen LogP contribution in [0.1, 0.15) is 29.9 Å². The number of piperidine rings is 1. The normalized spacial score (nSPS) is 15.3. The van der Waals surface area contributed by atoms with Crippen LogP contribution in [0.15, 0.2) is 48.7 Å².